The molecule has 0 heterocycles. The van der Waals surface area contributed by atoms with Crippen molar-refractivity contribution in [2.24, 2.45) is 5.41 Å². The Morgan fingerprint density at radius 2 is 1.90 bits per heavy atom. The number of hydrogen-bond donors (Lipinski definition) is 2. The third kappa shape index (κ3) is 1.83. The number of aliphatic carboxylic acids is 1. The summed E-state index contributed by atoms with van der Waals surface area (Å²) in [5.74, 6) is -0.481. The van der Waals surface area contributed by atoms with Crippen LogP contribution in [0.4, 0.5) is 0 Å². The van der Waals surface area contributed by atoms with E-state index in [9.17, 15) is 9.90 Å². The number of carbonyl (C=O) groups is 1. The minimum absolute atomic E-state index is 0.287. The standard InChI is InChI=1S/C6H12O2S2/c1-2-6(3-9,4-10)5(7)8/h9-10H,2-4H2,1H3,(H,7,8)/p-1. The van der Waals surface area contributed by atoms with Gasteiger partial charge in [-0.2, -0.15) is 25.3 Å². The Labute approximate surface area is 71.8 Å². The number of carbonyl (C=O) groups excluding carboxylic acids is 1. The molecular formula is C6H11O2S2-. The minimum Gasteiger partial charge on any atom is -0.549 e. The van der Waals surface area contributed by atoms with E-state index in [-0.39, 0.29) is 11.5 Å². The number of thiol groups is 2. The highest BCUT2D eigenvalue weighted by Crippen LogP contribution is 2.23. The van der Waals surface area contributed by atoms with E-state index in [1.54, 1.807) is 6.92 Å². The van der Waals surface area contributed by atoms with Crippen LogP contribution in [-0.2, 0) is 4.79 Å². The Kier molecular flexibility index (Phi) is 4.20. The average molecular weight is 179 g/mol. The molecule has 0 atom stereocenters. The summed E-state index contributed by atoms with van der Waals surface area (Å²) in [4.78, 5) is 10.5. The van der Waals surface area contributed by atoms with Gasteiger partial charge in [0.05, 0.1) is 0 Å². The topological polar surface area (TPSA) is 40.1 Å². The van der Waals surface area contributed by atoms with E-state index < -0.39 is 11.4 Å². The van der Waals surface area contributed by atoms with Crippen LogP contribution in [-0.4, -0.2) is 17.5 Å². The molecule has 0 aliphatic heterocycles. The van der Waals surface area contributed by atoms with Crippen LogP contribution in [0.2, 0.25) is 0 Å². The molecule has 0 aromatic carbocycles. The third-order valence-corrected chi connectivity index (χ3v) is 2.93. The first-order valence-electron chi connectivity index (χ1n) is 3.06. The highest BCUT2D eigenvalue weighted by atomic mass is 32.1. The molecule has 0 amide bonds. The molecule has 0 saturated heterocycles. The molecule has 4 heteroatoms. The van der Waals surface area contributed by atoms with E-state index in [0.29, 0.717) is 6.42 Å². The first-order chi connectivity index (χ1) is 4.63. The Morgan fingerprint density at radius 3 is 1.90 bits per heavy atom. The lowest BCUT2D eigenvalue weighted by Gasteiger charge is -2.29. The molecule has 0 aliphatic rings. The molecule has 2 nitrogen and oxygen atoms in total. The van der Waals surface area contributed by atoms with E-state index in [0.717, 1.165) is 0 Å². The molecule has 10 heavy (non-hydrogen) atoms. The largest absolute Gasteiger partial charge is 0.549 e. The van der Waals surface area contributed by atoms with Gasteiger partial charge in [0.1, 0.15) is 0 Å². The molecule has 0 aromatic rings. The van der Waals surface area contributed by atoms with Gasteiger partial charge in [-0.1, -0.05) is 6.92 Å². The van der Waals surface area contributed by atoms with E-state index in [4.69, 9.17) is 0 Å². The first-order valence-corrected chi connectivity index (χ1v) is 4.32. The maximum absolute atomic E-state index is 10.5. The summed E-state index contributed by atoms with van der Waals surface area (Å²) < 4.78 is 0. The highest BCUT2D eigenvalue weighted by Gasteiger charge is 2.26. The van der Waals surface area contributed by atoms with Crippen molar-refractivity contribution >= 4 is 31.2 Å². The van der Waals surface area contributed by atoms with Gasteiger partial charge in [0, 0.05) is 22.9 Å². The van der Waals surface area contributed by atoms with Crippen LogP contribution in [0.1, 0.15) is 13.3 Å². The maximum Gasteiger partial charge on any atom is 0.0492 e. The molecule has 60 valence electrons. The molecule has 0 radical (unpaired) electrons. The second kappa shape index (κ2) is 4.13. The van der Waals surface area contributed by atoms with Gasteiger partial charge >= 0.3 is 0 Å². The Bertz CT molecular complexity index is 113. The Balaban J connectivity index is 4.31. The van der Waals surface area contributed by atoms with Crippen molar-refractivity contribution in [1.29, 1.82) is 0 Å². The highest BCUT2D eigenvalue weighted by molar-refractivity contribution is 7.81. The number of rotatable bonds is 4. The normalized spacial score (nSPS) is 11.5. The van der Waals surface area contributed by atoms with Crippen LogP contribution in [0.25, 0.3) is 0 Å². The summed E-state index contributed by atoms with van der Waals surface area (Å²) in [5.41, 5.74) is -0.841. The second-order valence-corrected chi connectivity index (χ2v) is 2.87. The average Bonchev–Trinajstić information content (AvgIpc) is 1.92. The number of carboxylic acid groups (broad SMARTS) is 1. The molecule has 0 rings (SSSR count). The molecule has 0 aromatic heterocycles. The summed E-state index contributed by atoms with van der Waals surface area (Å²) in [5, 5.41) is 10.5. The zero-order valence-corrected chi connectivity index (χ0v) is 7.62. The molecule has 0 N–H and O–H groups in total. The minimum atomic E-state index is -1.06. The lowest BCUT2D eigenvalue weighted by molar-refractivity contribution is -0.317. The number of carboxylic acids is 1. The van der Waals surface area contributed by atoms with E-state index in [1.807, 2.05) is 0 Å². The van der Waals surface area contributed by atoms with E-state index >= 15 is 0 Å². The van der Waals surface area contributed by atoms with Crippen molar-refractivity contribution in [3.8, 4) is 0 Å². The SMILES string of the molecule is CCC(CS)(CS)C(=O)[O-]. The van der Waals surface area contributed by atoms with Crippen LogP contribution in [0.15, 0.2) is 0 Å². The van der Waals surface area contributed by atoms with Crippen molar-refractivity contribution in [2.75, 3.05) is 11.5 Å². The van der Waals surface area contributed by atoms with Gasteiger partial charge in [-0.3, -0.25) is 0 Å². The molecule has 0 bridgehead atoms. The van der Waals surface area contributed by atoms with Crippen molar-refractivity contribution in [2.45, 2.75) is 13.3 Å². The quantitative estimate of drug-likeness (QED) is 0.596. The molecule has 0 spiro atoms. The predicted molar refractivity (Wildman–Crippen MR) is 45.4 cm³/mol. The summed E-state index contributed by atoms with van der Waals surface area (Å²) in [7, 11) is 0. The van der Waals surface area contributed by atoms with Gasteiger partial charge in [0.25, 0.3) is 0 Å². The monoisotopic (exact) mass is 179 g/mol. The molecule has 0 saturated carbocycles. The second-order valence-electron chi connectivity index (χ2n) is 2.24. The van der Waals surface area contributed by atoms with E-state index in [1.165, 1.54) is 0 Å². The Morgan fingerprint density at radius 1 is 1.50 bits per heavy atom. The van der Waals surface area contributed by atoms with Crippen molar-refractivity contribution in [1.82, 2.24) is 0 Å². The molecule has 0 aliphatic carbocycles. The van der Waals surface area contributed by atoms with Gasteiger partial charge in [-0.05, 0) is 6.42 Å². The summed E-state index contributed by atoms with van der Waals surface area (Å²) in [6.07, 6.45) is 0.516. The lowest BCUT2D eigenvalue weighted by atomic mass is 9.90. The Hall–Kier alpha value is 0.170. The summed E-state index contributed by atoms with van der Waals surface area (Å²) in [6.45, 7) is 1.79. The fraction of sp³-hybridized carbons (Fsp3) is 0.833. The smallest absolute Gasteiger partial charge is 0.0492 e. The zero-order chi connectivity index (χ0) is 8.20. The molecular weight excluding hydrogens is 168 g/mol. The van der Waals surface area contributed by atoms with Crippen molar-refractivity contribution < 1.29 is 9.90 Å². The zero-order valence-electron chi connectivity index (χ0n) is 5.83. The van der Waals surface area contributed by atoms with Gasteiger partial charge in [0.15, 0.2) is 0 Å². The summed E-state index contributed by atoms with van der Waals surface area (Å²) in [6, 6.07) is 0. The predicted octanol–water partition coefficient (Wildman–Crippen LogP) is -0.00770. The van der Waals surface area contributed by atoms with E-state index in [2.05, 4.69) is 25.3 Å². The summed E-state index contributed by atoms with van der Waals surface area (Å²) >= 11 is 7.86. The maximum atomic E-state index is 10.5. The van der Waals surface area contributed by atoms with Crippen LogP contribution >= 0.6 is 25.3 Å². The van der Waals surface area contributed by atoms with Gasteiger partial charge in [-0.25, -0.2) is 0 Å². The molecule has 0 unspecified atom stereocenters. The van der Waals surface area contributed by atoms with Gasteiger partial charge in [0.2, 0.25) is 0 Å². The van der Waals surface area contributed by atoms with Crippen LogP contribution < -0.4 is 5.11 Å². The van der Waals surface area contributed by atoms with Crippen LogP contribution in [0, 0.1) is 5.41 Å². The first kappa shape index (κ1) is 10.2. The van der Waals surface area contributed by atoms with Crippen LogP contribution in [0.5, 0.6) is 0 Å². The fourth-order valence-electron chi connectivity index (χ4n) is 0.547. The number of hydrogen-bond acceptors (Lipinski definition) is 4. The fourth-order valence-corrected chi connectivity index (χ4v) is 1.65. The lowest BCUT2D eigenvalue weighted by Crippen LogP contribution is -2.44. The van der Waals surface area contributed by atoms with Crippen molar-refractivity contribution in [3.05, 3.63) is 0 Å². The van der Waals surface area contributed by atoms with Crippen molar-refractivity contribution in [3.63, 3.8) is 0 Å². The van der Waals surface area contributed by atoms with Gasteiger partial charge in [-0.15, -0.1) is 0 Å². The molecule has 0 fully saturated rings. The van der Waals surface area contributed by atoms with Gasteiger partial charge < -0.3 is 9.90 Å². The third-order valence-electron chi connectivity index (χ3n) is 1.72. The van der Waals surface area contributed by atoms with Crippen LogP contribution in [0.3, 0.4) is 0 Å².